The van der Waals surface area contributed by atoms with E-state index in [4.69, 9.17) is 5.73 Å². The number of thioether (sulfide) groups is 1. The average Bonchev–Trinajstić information content (AvgIpc) is 3.20. The predicted molar refractivity (Wildman–Crippen MR) is 104 cm³/mol. The maximum absolute atomic E-state index is 11.8. The number of nitrogens with zero attached hydrogens (tertiary/aromatic N) is 3. The lowest BCUT2D eigenvalue weighted by Crippen LogP contribution is -2.10. The van der Waals surface area contributed by atoms with Crippen LogP contribution in [0.5, 0.6) is 0 Å². The maximum atomic E-state index is 11.8. The molecule has 0 aliphatic carbocycles. The standard InChI is InChI=1S/C19H12N4O2S2/c20-9-12-15(14-7-4-8-26-14)13(10-21)18(23-17(12)22)27-16(19(24)25)11-5-2-1-3-6-11/h1-8,16H,(H2,22,23)(H,24,25). The second-order valence-corrected chi connectivity index (χ2v) is 7.42. The molecule has 0 saturated heterocycles. The fourth-order valence-electron chi connectivity index (χ4n) is 2.55. The first-order valence-electron chi connectivity index (χ1n) is 7.68. The Labute approximate surface area is 163 Å². The van der Waals surface area contributed by atoms with Gasteiger partial charge in [-0.2, -0.15) is 10.5 Å². The Morgan fingerprint density at radius 1 is 1.15 bits per heavy atom. The van der Waals surface area contributed by atoms with Crippen molar-refractivity contribution in [3.8, 4) is 22.6 Å². The van der Waals surface area contributed by atoms with E-state index in [1.54, 1.807) is 42.5 Å². The van der Waals surface area contributed by atoms with Crippen molar-refractivity contribution in [2.24, 2.45) is 0 Å². The molecule has 3 aromatic rings. The topological polar surface area (TPSA) is 124 Å². The van der Waals surface area contributed by atoms with Crippen LogP contribution >= 0.6 is 23.1 Å². The smallest absolute Gasteiger partial charge is 0.321 e. The third-order valence-electron chi connectivity index (χ3n) is 3.74. The summed E-state index contributed by atoms with van der Waals surface area (Å²) in [7, 11) is 0. The minimum Gasteiger partial charge on any atom is -0.480 e. The molecule has 8 heteroatoms. The van der Waals surface area contributed by atoms with E-state index in [0.717, 1.165) is 11.8 Å². The molecular formula is C19H12N4O2S2. The average molecular weight is 392 g/mol. The normalized spacial score (nSPS) is 11.3. The first-order chi connectivity index (χ1) is 13.1. The largest absolute Gasteiger partial charge is 0.480 e. The first-order valence-corrected chi connectivity index (χ1v) is 9.44. The highest BCUT2D eigenvalue weighted by Gasteiger charge is 2.27. The molecular weight excluding hydrogens is 380 g/mol. The van der Waals surface area contributed by atoms with Crippen LogP contribution in [0.4, 0.5) is 5.82 Å². The molecule has 2 heterocycles. The number of carboxylic acid groups (broad SMARTS) is 1. The molecule has 3 N–H and O–H groups in total. The Balaban J connectivity index is 2.18. The van der Waals surface area contributed by atoms with Crippen molar-refractivity contribution in [2.45, 2.75) is 10.3 Å². The Morgan fingerprint density at radius 3 is 2.41 bits per heavy atom. The number of hydrogen-bond donors (Lipinski definition) is 2. The van der Waals surface area contributed by atoms with Crippen molar-refractivity contribution in [1.82, 2.24) is 4.98 Å². The number of benzene rings is 1. The third-order valence-corrected chi connectivity index (χ3v) is 5.85. The molecule has 2 aromatic heterocycles. The minimum atomic E-state index is -1.06. The number of nitriles is 2. The number of carbonyl (C=O) groups is 1. The second-order valence-electron chi connectivity index (χ2n) is 5.37. The van der Waals surface area contributed by atoms with Crippen molar-refractivity contribution in [2.75, 3.05) is 5.73 Å². The first kappa shape index (κ1) is 18.5. The summed E-state index contributed by atoms with van der Waals surface area (Å²) in [6, 6.07) is 16.3. The summed E-state index contributed by atoms with van der Waals surface area (Å²) in [5, 5.41) is 29.9. The maximum Gasteiger partial charge on any atom is 0.321 e. The van der Waals surface area contributed by atoms with Crippen molar-refractivity contribution in [3.05, 3.63) is 64.5 Å². The minimum absolute atomic E-state index is 0.0281. The van der Waals surface area contributed by atoms with Crippen LogP contribution in [-0.4, -0.2) is 16.1 Å². The highest BCUT2D eigenvalue weighted by Crippen LogP contribution is 2.42. The van der Waals surface area contributed by atoms with Crippen LogP contribution in [-0.2, 0) is 4.79 Å². The summed E-state index contributed by atoms with van der Waals surface area (Å²) in [6.07, 6.45) is 0. The monoisotopic (exact) mass is 392 g/mol. The zero-order chi connectivity index (χ0) is 19.4. The van der Waals surface area contributed by atoms with Gasteiger partial charge in [-0.05, 0) is 17.0 Å². The van der Waals surface area contributed by atoms with Crippen LogP contribution in [0.25, 0.3) is 10.4 Å². The van der Waals surface area contributed by atoms with E-state index in [1.165, 1.54) is 11.3 Å². The third kappa shape index (κ3) is 3.63. The molecule has 6 nitrogen and oxygen atoms in total. The van der Waals surface area contributed by atoms with E-state index >= 15 is 0 Å². The Kier molecular flexibility index (Phi) is 5.41. The molecule has 132 valence electrons. The summed E-state index contributed by atoms with van der Waals surface area (Å²) in [5.74, 6) is -1.09. The molecule has 0 aliphatic rings. The van der Waals surface area contributed by atoms with Gasteiger partial charge >= 0.3 is 5.97 Å². The highest BCUT2D eigenvalue weighted by molar-refractivity contribution is 8.00. The van der Waals surface area contributed by atoms with E-state index in [2.05, 4.69) is 11.1 Å². The van der Waals surface area contributed by atoms with Gasteiger partial charge in [-0.15, -0.1) is 11.3 Å². The number of nitrogens with two attached hydrogens (primary N) is 1. The number of aliphatic carboxylic acids is 1. The molecule has 1 aromatic carbocycles. The van der Waals surface area contributed by atoms with E-state index in [0.29, 0.717) is 16.0 Å². The number of carboxylic acids is 1. The second kappa shape index (κ2) is 7.92. The summed E-state index contributed by atoms with van der Waals surface area (Å²) in [5.41, 5.74) is 7.18. The van der Waals surface area contributed by atoms with Gasteiger partial charge in [-0.25, -0.2) is 4.98 Å². The molecule has 0 spiro atoms. The molecule has 0 aliphatic heterocycles. The lowest BCUT2D eigenvalue weighted by Gasteiger charge is -2.15. The SMILES string of the molecule is N#Cc1c(N)nc(SC(C(=O)O)c2ccccc2)c(C#N)c1-c1cccs1. The van der Waals surface area contributed by atoms with Crippen LogP contribution < -0.4 is 5.73 Å². The molecule has 0 fully saturated rings. The Bertz CT molecular complexity index is 1070. The van der Waals surface area contributed by atoms with Gasteiger partial charge in [0.25, 0.3) is 0 Å². The molecule has 0 amide bonds. The molecule has 0 saturated carbocycles. The van der Waals surface area contributed by atoms with Crippen LogP contribution in [0.2, 0.25) is 0 Å². The Hall–Kier alpha value is -3.33. The predicted octanol–water partition coefficient (Wildman–Crippen LogP) is 4.05. The number of rotatable bonds is 5. The fourth-order valence-corrected chi connectivity index (χ4v) is 4.37. The van der Waals surface area contributed by atoms with Gasteiger partial charge in [0.1, 0.15) is 33.8 Å². The summed E-state index contributed by atoms with van der Waals surface area (Å²) in [4.78, 5) is 16.7. The number of pyridine rings is 1. The number of thiophene rings is 1. The van der Waals surface area contributed by atoms with E-state index in [-0.39, 0.29) is 22.0 Å². The van der Waals surface area contributed by atoms with Gasteiger partial charge in [0.2, 0.25) is 0 Å². The molecule has 27 heavy (non-hydrogen) atoms. The highest BCUT2D eigenvalue weighted by atomic mass is 32.2. The molecule has 3 rings (SSSR count). The van der Waals surface area contributed by atoms with Crippen LogP contribution in [0.3, 0.4) is 0 Å². The summed E-state index contributed by atoms with van der Waals surface area (Å²) >= 11 is 2.29. The van der Waals surface area contributed by atoms with Crippen LogP contribution in [0, 0.1) is 22.7 Å². The van der Waals surface area contributed by atoms with E-state index < -0.39 is 11.2 Å². The van der Waals surface area contributed by atoms with Gasteiger partial charge in [0.05, 0.1) is 5.56 Å². The van der Waals surface area contributed by atoms with Gasteiger partial charge in [-0.1, -0.05) is 48.2 Å². The fraction of sp³-hybridized carbons (Fsp3) is 0.0526. The lowest BCUT2D eigenvalue weighted by molar-refractivity contribution is -0.136. The van der Waals surface area contributed by atoms with Crippen molar-refractivity contribution in [3.63, 3.8) is 0 Å². The van der Waals surface area contributed by atoms with Gasteiger partial charge < -0.3 is 10.8 Å². The number of nitrogen functional groups attached to an aromatic ring is 1. The van der Waals surface area contributed by atoms with E-state index in [1.807, 2.05) is 11.4 Å². The van der Waals surface area contributed by atoms with Crippen molar-refractivity contribution >= 4 is 34.9 Å². The summed E-state index contributed by atoms with van der Waals surface area (Å²) < 4.78 is 0. The quantitative estimate of drug-likeness (QED) is 0.628. The van der Waals surface area contributed by atoms with Crippen molar-refractivity contribution in [1.29, 1.82) is 10.5 Å². The molecule has 1 atom stereocenters. The zero-order valence-corrected chi connectivity index (χ0v) is 15.4. The number of hydrogen-bond acceptors (Lipinski definition) is 7. The van der Waals surface area contributed by atoms with Crippen molar-refractivity contribution < 1.29 is 9.90 Å². The van der Waals surface area contributed by atoms with Crippen LogP contribution in [0.15, 0.2) is 52.9 Å². The number of aromatic nitrogens is 1. The molecule has 0 bridgehead atoms. The number of anilines is 1. The molecule has 1 unspecified atom stereocenters. The summed E-state index contributed by atoms with van der Waals surface area (Å²) in [6.45, 7) is 0. The Morgan fingerprint density at radius 2 is 1.85 bits per heavy atom. The lowest BCUT2D eigenvalue weighted by atomic mass is 10.0. The zero-order valence-electron chi connectivity index (χ0n) is 13.8. The van der Waals surface area contributed by atoms with Crippen LogP contribution in [0.1, 0.15) is 21.9 Å². The molecule has 0 radical (unpaired) electrons. The van der Waals surface area contributed by atoms with Gasteiger partial charge in [0, 0.05) is 10.4 Å². The van der Waals surface area contributed by atoms with E-state index in [9.17, 15) is 20.4 Å². The van der Waals surface area contributed by atoms with Gasteiger partial charge in [-0.3, -0.25) is 4.79 Å². The van der Waals surface area contributed by atoms with Gasteiger partial charge in [0.15, 0.2) is 0 Å².